The average molecular weight is 371 g/mol. The number of benzene rings is 2. The van der Waals surface area contributed by atoms with E-state index in [2.05, 4.69) is 5.32 Å². The maximum absolute atomic E-state index is 13.6. The number of esters is 1. The Labute approximate surface area is 155 Å². The highest BCUT2D eigenvalue weighted by atomic mass is 19.1. The van der Waals surface area contributed by atoms with Crippen molar-refractivity contribution < 1.29 is 28.2 Å². The van der Waals surface area contributed by atoms with Gasteiger partial charge in [-0.1, -0.05) is 0 Å². The lowest BCUT2D eigenvalue weighted by molar-refractivity contribution is -0.117. The third-order valence-electron chi connectivity index (χ3n) is 4.14. The second kappa shape index (κ2) is 7.99. The lowest BCUT2D eigenvalue weighted by Crippen LogP contribution is -2.15. The number of hydrogen-bond acceptors (Lipinski definition) is 5. The van der Waals surface area contributed by atoms with E-state index in [0.717, 1.165) is 18.9 Å². The minimum atomic E-state index is -0.683. The third-order valence-corrected chi connectivity index (χ3v) is 4.14. The molecule has 1 amide bonds. The molecule has 1 N–H and O–H groups in total. The van der Waals surface area contributed by atoms with Gasteiger partial charge in [0.2, 0.25) is 5.91 Å². The number of anilines is 1. The highest BCUT2D eigenvalue weighted by Crippen LogP contribution is 2.30. The second-order valence-electron chi connectivity index (χ2n) is 6.19. The van der Waals surface area contributed by atoms with Crippen molar-refractivity contribution in [2.75, 3.05) is 19.0 Å². The number of methoxy groups -OCH3 is 1. The number of carbonyl (C=O) groups excluding carboxylic acids is 3. The zero-order valence-electron chi connectivity index (χ0n) is 14.7. The third kappa shape index (κ3) is 4.69. The molecule has 0 unspecified atom stereocenters. The Kier molecular flexibility index (Phi) is 5.49. The molecule has 0 saturated heterocycles. The van der Waals surface area contributed by atoms with Gasteiger partial charge in [-0.25, -0.2) is 9.18 Å². The van der Waals surface area contributed by atoms with Crippen molar-refractivity contribution in [3.8, 4) is 5.75 Å². The van der Waals surface area contributed by atoms with E-state index in [0.29, 0.717) is 5.69 Å². The van der Waals surface area contributed by atoms with E-state index < -0.39 is 24.2 Å². The van der Waals surface area contributed by atoms with Crippen LogP contribution in [0, 0.1) is 11.7 Å². The molecule has 0 radical (unpaired) electrons. The highest BCUT2D eigenvalue weighted by molar-refractivity contribution is 5.99. The SMILES string of the molecule is COc1ccc(C(=O)COC(=O)c2ccc(NC(=O)C3CC3)cc2)cc1F. The van der Waals surface area contributed by atoms with Crippen LogP contribution >= 0.6 is 0 Å². The quantitative estimate of drug-likeness (QED) is 0.597. The predicted octanol–water partition coefficient (Wildman–Crippen LogP) is 3.22. The molecule has 140 valence electrons. The Hall–Kier alpha value is -3.22. The van der Waals surface area contributed by atoms with E-state index in [1.54, 1.807) is 12.1 Å². The average Bonchev–Trinajstić information content (AvgIpc) is 3.51. The fourth-order valence-corrected chi connectivity index (χ4v) is 2.42. The van der Waals surface area contributed by atoms with Gasteiger partial charge in [-0.3, -0.25) is 9.59 Å². The molecule has 1 saturated carbocycles. The van der Waals surface area contributed by atoms with Crippen LogP contribution < -0.4 is 10.1 Å². The standard InChI is InChI=1S/C20H18FNO5/c1-26-18-9-6-14(10-16(18)21)17(23)11-27-20(25)13-4-7-15(8-5-13)22-19(24)12-2-3-12/h4-10,12H,2-3,11H2,1H3,(H,22,24). The lowest BCUT2D eigenvalue weighted by atomic mass is 10.1. The summed E-state index contributed by atoms with van der Waals surface area (Å²) in [5.74, 6) is -1.79. The molecule has 1 fully saturated rings. The number of hydrogen-bond donors (Lipinski definition) is 1. The van der Waals surface area contributed by atoms with Crippen LogP contribution in [0.3, 0.4) is 0 Å². The van der Waals surface area contributed by atoms with Gasteiger partial charge in [0.05, 0.1) is 12.7 Å². The molecular weight excluding hydrogens is 353 g/mol. The molecular formula is C20H18FNO5. The lowest BCUT2D eigenvalue weighted by Gasteiger charge is -2.07. The van der Waals surface area contributed by atoms with Crippen LogP contribution in [0.15, 0.2) is 42.5 Å². The number of ether oxygens (including phenoxy) is 2. The Morgan fingerprint density at radius 2 is 1.74 bits per heavy atom. The maximum Gasteiger partial charge on any atom is 0.338 e. The van der Waals surface area contributed by atoms with Crippen molar-refractivity contribution in [3.05, 3.63) is 59.4 Å². The van der Waals surface area contributed by atoms with E-state index in [-0.39, 0.29) is 28.7 Å². The van der Waals surface area contributed by atoms with Crippen molar-refractivity contribution in [2.45, 2.75) is 12.8 Å². The molecule has 7 heteroatoms. The molecule has 0 aliphatic heterocycles. The first kappa shape index (κ1) is 18.6. The molecule has 0 spiro atoms. The van der Waals surface area contributed by atoms with Gasteiger partial charge in [0.25, 0.3) is 0 Å². The molecule has 3 rings (SSSR count). The van der Waals surface area contributed by atoms with Crippen LogP contribution in [-0.4, -0.2) is 31.4 Å². The van der Waals surface area contributed by atoms with Crippen molar-refractivity contribution in [1.82, 2.24) is 0 Å². The molecule has 27 heavy (non-hydrogen) atoms. The molecule has 1 aliphatic rings. The van der Waals surface area contributed by atoms with Crippen molar-refractivity contribution in [3.63, 3.8) is 0 Å². The van der Waals surface area contributed by atoms with Crippen LogP contribution in [0.4, 0.5) is 10.1 Å². The van der Waals surface area contributed by atoms with Crippen LogP contribution in [0.5, 0.6) is 5.75 Å². The van der Waals surface area contributed by atoms with Gasteiger partial charge >= 0.3 is 5.97 Å². The minimum Gasteiger partial charge on any atom is -0.494 e. The number of Topliss-reactive ketones (excluding diaryl/α,β-unsaturated/α-hetero) is 1. The predicted molar refractivity (Wildman–Crippen MR) is 95.4 cm³/mol. The van der Waals surface area contributed by atoms with E-state index >= 15 is 0 Å². The molecule has 0 bridgehead atoms. The summed E-state index contributed by atoms with van der Waals surface area (Å²) in [6.07, 6.45) is 1.81. The van der Waals surface area contributed by atoms with Gasteiger partial charge in [-0.2, -0.15) is 0 Å². The number of nitrogens with one attached hydrogen (secondary N) is 1. The Balaban J connectivity index is 1.54. The van der Waals surface area contributed by atoms with Crippen LogP contribution in [0.1, 0.15) is 33.6 Å². The van der Waals surface area contributed by atoms with Crippen LogP contribution in [0.25, 0.3) is 0 Å². The number of ketones is 1. The summed E-state index contributed by atoms with van der Waals surface area (Å²) >= 11 is 0. The Morgan fingerprint density at radius 3 is 2.33 bits per heavy atom. The summed E-state index contributed by atoms with van der Waals surface area (Å²) in [5.41, 5.74) is 0.917. The Morgan fingerprint density at radius 1 is 1.07 bits per heavy atom. The number of amides is 1. The topological polar surface area (TPSA) is 81.7 Å². The van der Waals surface area contributed by atoms with E-state index in [1.807, 2.05) is 0 Å². The molecule has 2 aromatic carbocycles. The minimum absolute atomic E-state index is 0.0253. The zero-order chi connectivity index (χ0) is 19.4. The second-order valence-corrected chi connectivity index (χ2v) is 6.19. The van der Waals surface area contributed by atoms with Gasteiger partial charge in [0.1, 0.15) is 0 Å². The smallest absolute Gasteiger partial charge is 0.338 e. The first-order valence-corrected chi connectivity index (χ1v) is 8.42. The summed E-state index contributed by atoms with van der Waals surface area (Å²) in [5, 5.41) is 2.77. The van der Waals surface area contributed by atoms with Gasteiger partial charge in [-0.05, 0) is 55.3 Å². The monoisotopic (exact) mass is 371 g/mol. The number of carbonyl (C=O) groups is 3. The number of rotatable bonds is 7. The summed E-state index contributed by atoms with van der Waals surface area (Å²) in [4.78, 5) is 35.8. The molecule has 0 atom stereocenters. The van der Waals surface area contributed by atoms with Gasteiger partial charge < -0.3 is 14.8 Å². The summed E-state index contributed by atoms with van der Waals surface area (Å²) in [7, 11) is 1.32. The Bertz CT molecular complexity index is 874. The summed E-state index contributed by atoms with van der Waals surface area (Å²) < 4.78 is 23.4. The zero-order valence-corrected chi connectivity index (χ0v) is 14.7. The molecule has 0 heterocycles. The highest BCUT2D eigenvalue weighted by Gasteiger charge is 2.29. The van der Waals surface area contributed by atoms with Gasteiger partial charge in [0.15, 0.2) is 24.0 Å². The van der Waals surface area contributed by atoms with Crippen molar-refractivity contribution in [1.29, 1.82) is 0 Å². The van der Waals surface area contributed by atoms with Crippen molar-refractivity contribution in [2.24, 2.45) is 5.92 Å². The molecule has 0 aromatic heterocycles. The van der Waals surface area contributed by atoms with E-state index in [4.69, 9.17) is 9.47 Å². The fraction of sp³-hybridized carbons (Fsp3) is 0.250. The fourth-order valence-electron chi connectivity index (χ4n) is 2.42. The van der Waals surface area contributed by atoms with E-state index in [9.17, 15) is 18.8 Å². The van der Waals surface area contributed by atoms with Crippen molar-refractivity contribution >= 4 is 23.3 Å². The van der Waals surface area contributed by atoms with Crippen LogP contribution in [0.2, 0.25) is 0 Å². The van der Waals surface area contributed by atoms with Gasteiger partial charge in [-0.15, -0.1) is 0 Å². The van der Waals surface area contributed by atoms with Crippen LogP contribution in [-0.2, 0) is 9.53 Å². The first-order chi connectivity index (χ1) is 13.0. The molecule has 1 aliphatic carbocycles. The summed E-state index contributed by atoms with van der Waals surface area (Å²) in [6.45, 7) is -0.509. The first-order valence-electron chi connectivity index (χ1n) is 8.42. The largest absolute Gasteiger partial charge is 0.494 e. The summed E-state index contributed by atoms with van der Waals surface area (Å²) in [6, 6.07) is 9.96. The number of halogens is 1. The maximum atomic E-state index is 13.6. The van der Waals surface area contributed by atoms with Gasteiger partial charge in [0, 0.05) is 17.2 Å². The molecule has 6 nitrogen and oxygen atoms in total. The molecule has 2 aromatic rings. The van der Waals surface area contributed by atoms with E-state index in [1.165, 1.54) is 31.4 Å². The normalized spacial score (nSPS) is 13.0.